The van der Waals surface area contributed by atoms with E-state index in [1.54, 1.807) is 0 Å². The van der Waals surface area contributed by atoms with Crippen LogP contribution in [0.1, 0.15) is 108 Å². The normalized spacial score (nSPS) is 16.4. The van der Waals surface area contributed by atoms with Crippen molar-refractivity contribution >= 4 is 5.78 Å². The summed E-state index contributed by atoms with van der Waals surface area (Å²) in [5.74, 6) is 0.548. The van der Waals surface area contributed by atoms with Gasteiger partial charge in [0.2, 0.25) is 0 Å². The monoisotopic (exact) mass is 387 g/mol. The average molecular weight is 388 g/mol. The fourth-order valence-corrected chi connectivity index (χ4v) is 4.06. The lowest BCUT2D eigenvalue weighted by Gasteiger charge is -2.28. The van der Waals surface area contributed by atoms with Gasteiger partial charge in [-0.2, -0.15) is 0 Å². The van der Waals surface area contributed by atoms with Crippen molar-refractivity contribution < 1.29 is 9.90 Å². The Morgan fingerprint density at radius 1 is 0.893 bits per heavy atom. The molecule has 1 heterocycles. The molecule has 28 heavy (non-hydrogen) atoms. The van der Waals surface area contributed by atoms with Gasteiger partial charge in [0.15, 0.2) is 5.78 Å². The van der Waals surface area contributed by atoms with Crippen LogP contribution < -0.4 is 0 Å². The summed E-state index contributed by atoms with van der Waals surface area (Å²) < 4.78 is 0. The molecule has 1 aromatic carbocycles. The molecule has 1 fully saturated rings. The number of ketones is 1. The van der Waals surface area contributed by atoms with Crippen LogP contribution in [0.15, 0.2) is 12.1 Å². The number of carbonyl (C=O) groups excluding carboxylic acids is 1. The molecule has 0 aromatic heterocycles. The summed E-state index contributed by atoms with van der Waals surface area (Å²) in [7, 11) is 0. The number of hydrogen-bond acceptors (Lipinski definition) is 3. The summed E-state index contributed by atoms with van der Waals surface area (Å²) in [5.41, 5.74) is 2.09. The molecule has 0 saturated carbocycles. The van der Waals surface area contributed by atoms with E-state index >= 15 is 0 Å². The first-order valence-electron chi connectivity index (χ1n) is 11.1. The molecule has 1 N–H and O–H groups in total. The average Bonchev–Trinajstić information content (AvgIpc) is 2.60. The van der Waals surface area contributed by atoms with Crippen molar-refractivity contribution in [3.63, 3.8) is 0 Å². The summed E-state index contributed by atoms with van der Waals surface area (Å²) in [5, 5.41) is 10.8. The third kappa shape index (κ3) is 6.34. The zero-order valence-corrected chi connectivity index (χ0v) is 19.0. The molecule has 0 spiro atoms. The Hall–Kier alpha value is -1.35. The summed E-state index contributed by atoms with van der Waals surface area (Å²) in [6.45, 7) is 16.2. The van der Waals surface area contributed by atoms with Crippen molar-refractivity contribution in [1.29, 1.82) is 0 Å². The van der Waals surface area contributed by atoms with Crippen LogP contribution in [-0.2, 0) is 10.8 Å². The molecule has 2 rings (SSSR count). The summed E-state index contributed by atoms with van der Waals surface area (Å²) >= 11 is 0. The van der Waals surface area contributed by atoms with Crippen LogP contribution in [0.2, 0.25) is 0 Å². The van der Waals surface area contributed by atoms with Gasteiger partial charge < -0.3 is 10.0 Å². The number of benzene rings is 1. The number of hydrogen-bond donors (Lipinski definition) is 1. The molecule has 3 heteroatoms. The minimum absolute atomic E-state index is 0.200. The van der Waals surface area contributed by atoms with E-state index in [0.717, 1.165) is 29.5 Å². The number of rotatable bonds is 7. The van der Waals surface area contributed by atoms with Gasteiger partial charge in [-0.05, 0) is 68.3 Å². The largest absolute Gasteiger partial charge is 0.507 e. The SMILES string of the molecule is CC(C)(C)c1cc(C(=O)CCCCCN2CCCCC2)cc(C(C)(C)C)c1O. The Labute approximate surface area is 172 Å². The summed E-state index contributed by atoms with van der Waals surface area (Å²) in [6.07, 6.45) is 7.89. The van der Waals surface area contributed by atoms with Crippen LogP contribution in [0.4, 0.5) is 0 Å². The van der Waals surface area contributed by atoms with Gasteiger partial charge in [0.25, 0.3) is 0 Å². The molecule has 0 radical (unpaired) electrons. The van der Waals surface area contributed by atoms with Crippen molar-refractivity contribution in [3.8, 4) is 5.75 Å². The predicted molar refractivity (Wildman–Crippen MR) is 119 cm³/mol. The Kier molecular flexibility index (Phi) is 7.73. The van der Waals surface area contributed by atoms with Crippen molar-refractivity contribution in [2.75, 3.05) is 19.6 Å². The van der Waals surface area contributed by atoms with Gasteiger partial charge in [0, 0.05) is 23.1 Å². The molecule has 1 aromatic rings. The predicted octanol–water partition coefficient (Wildman–Crippen LogP) is 6.22. The van der Waals surface area contributed by atoms with Gasteiger partial charge in [0.1, 0.15) is 5.75 Å². The third-order valence-corrected chi connectivity index (χ3v) is 5.87. The third-order valence-electron chi connectivity index (χ3n) is 5.87. The van der Waals surface area contributed by atoms with E-state index in [9.17, 15) is 9.90 Å². The highest BCUT2D eigenvalue weighted by Gasteiger charge is 2.27. The second kappa shape index (κ2) is 9.43. The van der Waals surface area contributed by atoms with Crippen molar-refractivity contribution in [1.82, 2.24) is 4.90 Å². The molecule has 3 nitrogen and oxygen atoms in total. The lowest BCUT2D eigenvalue weighted by molar-refractivity contribution is 0.0978. The fraction of sp³-hybridized carbons (Fsp3) is 0.720. The molecule has 0 unspecified atom stereocenters. The van der Waals surface area contributed by atoms with E-state index in [1.165, 1.54) is 45.3 Å². The van der Waals surface area contributed by atoms with E-state index in [2.05, 4.69) is 46.4 Å². The Morgan fingerprint density at radius 3 is 1.93 bits per heavy atom. The smallest absolute Gasteiger partial charge is 0.162 e. The maximum absolute atomic E-state index is 12.9. The molecular weight excluding hydrogens is 346 g/mol. The number of nitrogens with zero attached hydrogens (tertiary/aromatic N) is 1. The van der Waals surface area contributed by atoms with E-state index < -0.39 is 0 Å². The maximum Gasteiger partial charge on any atom is 0.162 e. The van der Waals surface area contributed by atoms with Crippen LogP contribution in [0, 0.1) is 0 Å². The molecular formula is C25H41NO2. The second-order valence-electron chi connectivity index (χ2n) is 10.6. The zero-order chi connectivity index (χ0) is 20.9. The Morgan fingerprint density at radius 2 is 1.43 bits per heavy atom. The molecule has 0 bridgehead atoms. The zero-order valence-electron chi connectivity index (χ0n) is 19.0. The first-order valence-corrected chi connectivity index (χ1v) is 11.1. The van der Waals surface area contributed by atoms with Gasteiger partial charge in [0.05, 0.1) is 0 Å². The number of Topliss-reactive ketones (excluding diaryl/α,β-unsaturated/α-hetero) is 1. The number of carbonyl (C=O) groups is 1. The number of unbranched alkanes of at least 4 members (excludes halogenated alkanes) is 2. The Bertz CT molecular complexity index is 623. The lowest BCUT2D eigenvalue weighted by atomic mass is 9.78. The molecule has 1 aliphatic heterocycles. The van der Waals surface area contributed by atoms with Gasteiger partial charge in [-0.25, -0.2) is 0 Å². The van der Waals surface area contributed by atoms with Crippen LogP contribution >= 0.6 is 0 Å². The summed E-state index contributed by atoms with van der Waals surface area (Å²) in [4.78, 5) is 15.5. The molecule has 0 amide bonds. The lowest BCUT2D eigenvalue weighted by Crippen LogP contribution is -2.30. The van der Waals surface area contributed by atoms with E-state index in [-0.39, 0.29) is 16.6 Å². The molecule has 1 saturated heterocycles. The van der Waals surface area contributed by atoms with Gasteiger partial charge in [-0.1, -0.05) is 54.4 Å². The topological polar surface area (TPSA) is 40.5 Å². The molecule has 158 valence electrons. The number of aromatic hydroxyl groups is 1. The summed E-state index contributed by atoms with van der Waals surface area (Å²) in [6, 6.07) is 3.83. The number of phenols is 1. The van der Waals surface area contributed by atoms with Crippen molar-refractivity contribution in [3.05, 3.63) is 28.8 Å². The minimum Gasteiger partial charge on any atom is -0.507 e. The number of phenolic OH excluding ortho intramolecular Hbond substituents is 1. The molecule has 0 aliphatic carbocycles. The number of likely N-dealkylation sites (tertiary alicyclic amines) is 1. The highest BCUT2D eigenvalue weighted by Crippen LogP contribution is 2.40. The quantitative estimate of drug-likeness (QED) is 0.446. The van der Waals surface area contributed by atoms with E-state index in [1.807, 2.05) is 12.1 Å². The molecule has 0 atom stereocenters. The van der Waals surface area contributed by atoms with Crippen LogP contribution in [0.25, 0.3) is 0 Å². The second-order valence-corrected chi connectivity index (χ2v) is 10.6. The maximum atomic E-state index is 12.9. The number of piperidine rings is 1. The Balaban J connectivity index is 1.99. The van der Waals surface area contributed by atoms with Crippen molar-refractivity contribution in [2.24, 2.45) is 0 Å². The highest BCUT2D eigenvalue weighted by molar-refractivity contribution is 5.96. The van der Waals surface area contributed by atoms with Crippen LogP contribution in [-0.4, -0.2) is 35.4 Å². The van der Waals surface area contributed by atoms with E-state index in [0.29, 0.717) is 12.2 Å². The van der Waals surface area contributed by atoms with Crippen LogP contribution in [0.5, 0.6) is 5.75 Å². The highest BCUT2D eigenvalue weighted by atomic mass is 16.3. The van der Waals surface area contributed by atoms with Gasteiger partial charge >= 0.3 is 0 Å². The van der Waals surface area contributed by atoms with Gasteiger partial charge in [-0.3, -0.25) is 4.79 Å². The van der Waals surface area contributed by atoms with Crippen molar-refractivity contribution in [2.45, 2.75) is 97.3 Å². The molecule has 1 aliphatic rings. The standard InChI is InChI=1S/C25H41NO2/c1-24(2,3)20-17-19(18-21(23(20)28)25(4,5)6)22(27)13-9-7-10-14-26-15-11-8-12-16-26/h17-18,28H,7-16H2,1-6H3. The first-order chi connectivity index (χ1) is 13.0. The first kappa shape index (κ1) is 22.9. The fourth-order valence-electron chi connectivity index (χ4n) is 4.06. The van der Waals surface area contributed by atoms with Crippen LogP contribution in [0.3, 0.4) is 0 Å². The van der Waals surface area contributed by atoms with E-state index in [4.69, 9.17) is 0 Å². The van der Waals surface area contributed by atoms with Gasteiger partial charge in [-0.15, -0.1) is 0 Å². The minimum atomic E-state index is -0.200.